The molecule has 0 spiro atoms. The standard InChI is InChI=1S/C15H22N4OS/c1-9(2)15(4,8-16)19-14(20)12-5-11(6-17-12)13-7-21-10(3)18-13/h5-7,9,17H,8,16H2,1-4H3,(H,19,20). The molecule has 2 heterocycles. The number of H-pyrrole nitrogens is 1. The Morgan fingerprint density at radius 2 is 2.29 bits per heavy atom. The van der Waals surface area contributed by atoms with E-state index in [1.165, 1.54) is 0 Å². The van der Waals surface area contributed by atoms with Gasteiger partial charge in [0.25, 0.3) is 5.91 Å². The zero-order valence-corrected chi connectivity index (χ0v) is 13.7. The molecule has 5 nitrogen and oxygen atoms in total. The van der Waals surface area contributed by atoms with E-state index in [1.807, 2.05) is 39.1 Å². The molecule has 1 unspecified atom stereocenters. The van der Waals surface area contributed by atoms with Crippen molar-refractivity contribution in [2.75, 3.05) is 6.54 Å². The van der Waals surface area contributed by atoms with E-state index < -0.39 is 5.54 Å². The summed E-state index contributed by atoms with van der Waals surface area (Å²) in [5, 5.41) is 6.01. The maximum absolute atomic E-state index is 12.4. The van der Waals surface area contributed by atoms with Crippen LogP contribution < -0.4 is 11.1 Å². The van der Waals surface area contributed by atoms with Gasteiger partial charge in [-0.2, -0.15) is 0 Å². The van der Waals surface area contributed by atoms with Gasteiger partial charge in [0.15, 0.2) is 0 Å². The van der Waals surface area contributed by atoms with Gasteiger partial charge in [0.05, 0.1) is 16.2 Å². The van der Waals surface area contributed by atoms with Crippen LogP contribution in [0.2, 0.25) is 0 Å². The molecule has 1 atom stereocenters. The second-order valence-corrected chi connectivity index (χ2v) is 6.85. The first-order valence-electron chi connectivity index (χ1n) is 6.99. The number of rotatable bonds is 5. The third-order valence-electron chi connectivity index (χ3n) is 3.94. The number of aromatic amines is 1. The van der Waals surface area contributed by atoms with Gasteiger partial charge in [-0.1, -0.05) is 13.8 Å². The number of nitrogens with zero attached hydrogens (tertiary/aromatic N) is 1. The first kappa shape index (κ1) is 15.7. The molecule has 21 heavy (non-hydrogen) atoms. The molecule has 2 aromatic rings. The van der Waals surface area contributed by atoms with Crippen molar-refractivity contribution in [3.8, 4) is 11.3 Å². The van der Waals surface area contributed by atoms with Crippen LogP contribution in [0.15, 0.2) is 17.6 Å². The van der Waals surface area contributed by atoms with Crippen molar-refractivity contribution in [1.82, 2.24) is 15.3 Å². The molecule has 1 amide bonds. The van der Waals surface area contributed by atoms with Gasteiger partial charge in [0, 0.05) is 23.7 Å². The Hall–Kier alpha value is -1.66. The van der Waals surface area contributed by atoms with E-state index >= 15 is 0 Å². The van der Waals surface area contributed by atoms with E-state index in [0.29, 0.717) is 12.2 Å². The molecular formula is C15H22N4OS. The molecule has 0 radical (unpaired) electrons. The van der Waals surface area contributed by atoms with Crippen LogP contribution in [0.4, 0.5) is 0 Å². The van der Waals surface area contributed by atoms with Crippen molar-refractivity contribution in [3.63, 3.8) is 0 Å². The average Bonchev–Trinajstić information content (AvgIpc) is 3.06. The number of nitrogens with two attached hydrogens (primary N) is 1. The minimum absolute atomic E-state index is 0.144. The zero-order chi connectivity index (χ0) is 15.6. The number of aryl methyl sites for hydroxylation is 1. The summed E-state index contributed by atoms with van der Waals surface area (Å²) in [6.45, 7) is 8.42. The Balaban J connectivity index is 2.16. The Kier molecular flexibility index (Phi) is 4.49. The summed E-state index contributed by atoms with van der Waals surface area (Å²) in [5.41, 5.74) is 7.71. The van der Waals surface area contributed by atoms with Gasteiger partial charge in [0.2, 0.25) is 0 Å². The lowest BCUT2D eigenvalue weighted by Gasteiger charge is -2.33. The zero-order valence-electron chi connectivity index (χ0n) is 12.9. The number of nitrogens with one attached hydrogen (secondary N) is 2. The van der Waals surface area contributed by atoms with E-state index in [0.717, 1.165) is 16.3 Å². The highest BCUT2D eigenvalue weighted by Crippen LogP contribution is 2.23. The first-order chi connectivity index (χ1) is 9.85. The van der Waals surface area contributed by atoms with Crippen molar-refractivity contribution in [2.45, 2.75) is 33.2 Å². The minimum atomic E-state index is -0.417. The highest BCUT2D eigenvalue weighted by molar-refractivity contribution is 7.09. The van der Waals surface area contributed by atoms with Gasteiger partial charge in [-0.3, -0.25) is 4.79 Å². The van der Waals surface area contributed by atoms with E-state index in [4.69, 9.17) is 5.73 Å². The molecule has 4 N–H and O–H groups in total. The third-order valence-corrected chi connectivity index (χ3v) is 4.71. The number of aromatic nitrogens is 2. The van der Waals surface area contributed by atoms with Crippen molar-refractivity contribution >= 4 is 17.2 Å². The summed E-state index contributed by atoms with van der Waals surface area (Å²) in [5.74, 6) is 0.108. The third kappa shape index (κ3) is 3.33. The number of thiazole rings is 1. The molecule has 114 valence electrons. The van der Waals surface area contributed by atoms with E-state index in [2.05, 4.69) is 15.3 Å². The number of carbonyl (C=O) groups is 1. The quantitative estimate of drug-likeness (QED) is 0.793. The van der Waals surface area contributed by atoms with E-state index in [9.17, 15) is 4.79 Å². The highest BCUT2D eigenvalue weighted by atomic mass is 32.1. The fourth-order valence-electron chi connectivity index (χ4n) is 1.93. The fourth-order valence-corrected chi connectivity index (χ4v) is 2.55. The maximum Gasteiger partial charge on any atom is 0.268 e. The van der Waals surface area contributed by atoms with E-state index in [1.54, 1.807) is 17.5 Å². The van der Waals surface area contributed by atoms with Crippen LogP contribution in [0.3, 0.4) is 0 Å². The normalized spacial score (nSPS) is 14.2. The van der Waals surface area contributed by atoms with Gasteiger partial charge < -0.3 is 16.0 Å². The fraction of sp³-hybridized carbons (Fsp3) is 0.467. The SMILES string of the molecule is Cc1nc(-c2c[nH]c(C(=O)NC(C)(CN)C(C)C)c2)cs1. The second kappa shape index (κ2) is 5.99. The van der Waals surface area contributed by atoms with Crippen molar-refractivity contribution in [1.29, 1.82) is 0 Å². The summed E-state index contributed by atoms with van der Waals surface area (Å²) in [6, 6.07) is 1.82. The van der Waals surface area contributed by atoms with Gasteiger partial charge in [-0.05, 0) is 25.8 Å². The molecule has 0 aliphatic rings. The molecule has 0 bridgehead atoms. The van der Waals surface area contributed by atoms with Crippen molar-refractivity contribution < 1.29 is 4.79 Å². The topological polar surface area (TPSA) is 83.8 Å². The molecule has 2 aromatic heterocycles. The lowest BCUT2D eigenvalue weighted by atomic mass is 9.88. The Bertz CT molecular complexity index is 631. The van der Waals surface area contributed by atoms with Crippen LogP contribution in [-0.2, 0) is 0 Å². The highest BCUT2D eigenvalue weighted by Gasteiger charge is 2.29. The summed E-state index contributed by atoms with van der Waals surface area (Å²) < 4.78 is 0. The summed E-state index contributed by atoms with van der Waals surface area (Å²) >= 11 is 1.59. The molecule has 0 aliphatic heterocycles. The summed E-state index contributed by atoms with van der Waals surface area (Å²) in [4.78, 5) is 19.8. The molecule has 0 fully saturated rings. The van der Waals surface area contributed by atoms with Crippen molar-refractivity contribution in [3.05, 3.63) is 28.3 Å². The smallest absolute Gasteiger partial charge is 0.268 e. The van der Waals surface area contributed by atoms with Gasteiger partial charge >= 0.3 is 0 Å². The van der Waals surface area contributed by atoms with Crippen LogP contribution in [-0.4, -0.2) is 28.0 Å². The molecule has 0 saturated heterocycles. The van der Waals surface area contributed by atoms with Gasteiger partial charge in [0.1, 0.15) is 5.69 Å². The Labute approximate surface area is 129 Å². The molecule has 2 rings (SSSR count). The van der Waals surface area contributed by atoms with Crippen LogP contribution in [0.25, 0.3) is 11.3 Å². The molecule has 6 heteroatoms. The minimum Gasteiger partial charge on any atom is -0.357 e. The summed E-state index contributed by atoms with van der Waals surface area (Å²) in [6.07, 6.45) is 1.80. The molecular weight excluding hydrogens is 284 g/mol. The van der Waals surface area contributed by atoms with Crippen LogP contribution in [0.1, 0.15) is 36.3 Å². The predicted octanol–water partition coefficient (Wildman–Crippen LogP) is 2.55. The Morgan fingerprint density at radius 3 is 2.81 bits per heavy atom. The maximum atomic E-state index is 12.4. The summed E-state index contributed by atoms with van der Waals surface area (Å²) in [7, 11) is 0. The molecule has 0 saturated carbocycles. The van der Waals surface area contributed by atoms with Crippen LogP contribution in [0.5, 0.6) is 0 Å². The largest absolute Gasteiger partial charge is 0.357 e. The van der Waals surface area contributed by atoms with Crippen LogP contribution >= 0.6 is 11.3 Å². The van der Waals surface area contributed by atoms with Gasteiger partial charge in [-0.15, -0.1) is 11.3 Å². The number of hydrogen-bond acceptors (Lipinski definition) is 4. The number of hydrogen-bond donors (Lipinski definition) is 3. The lowest BCUT2D eigenvalue weighted by molar-refractivity contribution is 0.0878. The van der Waals surface area contributed by atoms with E-state index in [-0.39, 0.29) is 11.8 Å². The Morgan fingerprint density at radius 1 is 1.57 bits per heavy atom. The second-order valence-electron chi connectivity index (χ2n) is 5.78. The van der Waals surface area contributed by atoms with Crippen LogP contribution in [0, 0.1) is 12.8 Å². The predicted molar refractivity (Wildman–Crippen MR) is 86.4 cm³/mol. The lowest BCUT2D eigenvalue weighted by Crippen LogP contribution is -2.55. The number of carbonyl (C=O) groups excluding carboxylic acids is 1. The average molecular weight is 306 g/mol. The van der Waals surface area contributed by atoms with Gasteiger partial charge in [-0.25, -0.2) is 4.98 Å². The molecule has 0 aliphatic carbocycles. The molecule has 0 aromatic carbocycles. The van der Waals surface area contributed by atoms with Crippen molar-refractivity contribution in [2.24, 2.45) is 11.7 Å². The first-order valence-corrected chi connectivity index (χ1v) is 7.87. The number of amides is 1. The monoisotopic (exact) mass is 306 g/mol.